The zero-order chi connectivity index (χ0) is 17.9. The van der Waals surface area contributed by atoms with Crippen molar-refractivity contribution in [2.75, 3.05) is 20.8 Å². The van der Waals surface area contributed by atoms with E-state index in [1.165, 1.54) is 96.3 Å². The first kappa shape index (κ1) is 24.1. The summed E-state index contributed by atoms with van der Waals surface area (Å²) in [4.78, 5) is 0. The highest BCUT2D eigenvalue weighted by molar-refractivity contribution is 6.65. The summed E-state index contributed by atoms with van der Waals surface area (Å²) in [6.07, 6.45) is 20.7. The number of rotatable bonds is 19. The second-order valence-electron chi connectivity index (χ2n) is 7.38. The summed E-state index contributed by atoms with van der Waals surface area (Å²) < 4.78 is 11.0. The van der Waals surface area contributed by atoms with Crippen molar-refractivity contribution in [3.05, 3.63) is 0 Å². The molecule has 0 aliphatic carbocycles. The van der Waals surface area contributed by atoms with Gasteiger partial charge in [-0.15, -0.1) is 0 Å². The molecule has 0 aliphatic heterocycles. The van der Waals surface area contributed by atoms with Gasteiger partial charge in [0, 0.05) is 14.2 Å². The van der Waals surface area contributed by atoms with Crippen LogP contribution in [-0.2, 0) is 8.85 Å². The van der Waals surface area contributed by atoms with E-state index in [1.54, 1.807) is 14.2 Å². The smallest absolute Gasteiger partial charge is 0.334 e. The Morgan fingerprint density at radius 3 is 1.12 bits per heavy atom. The van der Waals surface area contributed by atoms with Gasteiger partial charge in [-0.05, 0) is 25.6 Å². The third kappa shape index (κ3) is 15.6. The quantitative estimate of drug-likeness (QED) is 0.222. The Morgan fingerprint density at radius 2 is 0.833 bits per heavy atom. The molecule has 2 N–H and O–H groups in total. The predicted octanol–water partition coefficient (Wildman–Crippen LogP) is 6.16. The number of hydrogen-bond donors (Lipinski definition) is 1. The summed E-state index contributed by atoms with van der Waals surface area (Å²) in [6.45, 7) is 3.02. The van der Waals surface area contributed by atoms with E-state index in [4.69, 9.17) is 14.6 Å². The van der Waals surface area contributed by atoms with Crippen LogP contribution in [0.3, 0.4) is 0 Å². The fourth-order valence-corrected chi connectivity index (χ4v) is 4.64. The van der Waals surface area contributed by atoms with E-state index in [1.807, 2.05) is 0 Å². The summed E-state index contributed by atoms with van der Waals surface area (Å²) in [5, 5.41) is 0. The molecule has 146 valence electrons. The van der Waals surface area contributed by atoms with Crippen molar-refractivity contribution >= 4 is 8.56 Å². The van der Waals surface area contributed by atoms with E-state index in [0.717, 1.165) is 12.6 Å². The van der Waals surface area contributed by atoms with Gasteiger partial charge in [-0.1, -0.05) is 89.9 Å². The monoisotopic (exact) mass is 359 g/mol. The molecule has 0 aromatic rings. The predicted molar refractivity (Wildman–Crippen MR) is 109 cm³/mol. The van der Waals surface area contributed by atoms with Crippen LogP contribution in [0.15, 0.2) is 0 Å². The van der Waals surface area contributed by atoms with Crippen LogP contribution < -0.4 is 5.73 Å². The maximum absolute atomic E-state index is 5.52. The highest BCUT2D eigenvalue weighted by atomic mass is 28.4. The fourth-order valence-electron chi connectivity index (χ4n) is 3.18. The van der Waals surface area contributed by atoms with E-state index in [9.17, 15) is 0 Å². The first-order valence-corrected chi connectivity index (χ1v) is 13.0. The summed E-state index contributed by atoms with van der Waals surface area (Å²) in [5.41, 5.74) is 5.50. The zero-order valence-electron chi connectivity index (χ0n) is 16.9. The largest absolute Gasteiger partial charge is 0.398 e. The molecule has 0 atom stereocenters. The van der Waals surface area contributed by atoms with Gasteiger partial charge < -0.3 is 14.6 Å². The molecule has 0 aliphatic rings. The average molecular weight is 360 g/mol. The number of unbranched alkanes of at least 4 members (excludes halogenated alkanes) is 14. The van der Waals surface area contributed by atoms with Crippen molar-refractivity contribution in [3.8, 4) is 0 Å². The van der Waals surface area contributed by atoms with E-state index in [-0.39, 0.29) is 0 Å². The molecule has 0 spiro atoms. The molecule has 0 aromatic heterocycles. The molecule has 0 unspecified atom stereocenters. The maximum atomic E-state index is 5.52. The van der Waals surface area contributed by atoms with Gasteiger partial charge in [0.15, 0.2) is 0 Å². The van der Waals surface area contributed by atoms with Crippen molar-refractivity contribution in [3.63, 3.8) is 0 Å². The van der Waals surface area contributed by atoms with Crippen LogP contribution in [0.4, 0.5) is 0 Å². The van der Waals surface area contributed by atoms with Crippen molar-refractivity contribution in [2.45, 2.75) is 109 Å². The first-order valence-electron chi connectivity index (χ1n) is 10.5. The molecule has 0 radical (unpaired) electrons. The minimum Gasteiger partial charge on any atom is -0.398 e. The molecule has 0 saturated carbocycles. The fraction of sp³-hybridized carbons (Fsp3) is 1.00. The summed E-state index contributed by atoms with van der Waals surface area (Å²) >= 11 is 0. The van der Waals surface area contributed by atoms with Gasteiger partial charge in [-0.25, -0.2) is 0 Å². The van der Waals surface area contributed by atoms with E-state index < -0.39 is 8.56 Å². The van der Waals surface area contributed by atoms with Crippen LogP contribution in [0, 0.1) is 0 Å². The van der Waals surface area contributed by atoms with Gasteiger partial charge in [-0.3, -0.25) is 0 Å². The Bertz CT molecular complexity index is 248. The molecule has 0 heterocycles. The second kappa shape index (κ2) is 17.9. The molecule has 0 fully saturated rings. The van der Waals surface area contributed by atoms with Crippen LogP contribution in [0.25, 0.3) is 0 Å². The molecule has 3 nitrogen and oxygen atoms in total. The molecular weight excluding hydrogens is 314 g/mol. The second-order valence-corrected chi connectivity index (χ2v) is 11.0. The number of hydrogen-bond acceptors (Lipinski definition) is 3. The molecule has 4 heteroatoms. The highest BCUT2D eigenvalue weighted by Crippen LogP contribution is 2.18. The van der Waals surface area contributed by atoms with Crippen LogP contribution >= 0.6 is 0 Å². The molecule has 0 amide bonds. The van der Waals surface area contributed by atoms with Crippen molar-refractivity contribution in [2.24, 2.45) is 5.73 Å². The SMILES string of the molecule is CO[Si](C)(CCCCCCCCCCCCCCCCCN)OC. The van der Waals surface area contributed by atoms with Crippen LogP contribution in [0.2, 0.25) is 12.6 Å². The Labute approximate surface area is 153 Å². The lowest BCUT2D eigenvalue weighted by atomic mass is 10.0. The summed E-state index contributed by atoms with van der Waals surface area (Å²) in [6, 6.07) is 1.13. The van der Waals surface area contributed by atoms with Gasteiger partial charge in [-0.2, -0.15) is 0 Å². The molecule has 0 rings (SSSR count). The standard InChI is InChI=1S/C20H45NO2Si/c1-22-24(3,23-2)20-18-16-14-12-10-8-6-4-5-7-9-11-13-15-17-19-21/h4-21H2,1-3H3. The van der Waals surface area contributed by atoms with Gasteiger partial charge in [0.2, 0.25) is 0 Å². The minimum absolute atomic E-state index is 0.863. The van der Waals surface area contributed by atoms with Crippen molar-refractivity contribution in [1.29, 1.82) is 0 Å². The Kier molecular flexibility index (Phi) is 18.0. The van der Waals surface area contributed by atoms with Gasteiger partial charge in [0.05, 0.1) is 0 Å². The molecule has 0 saturated heterocycles. The molecule has 0 aromatic carbocycles. The first-order chi connectivity index (χ1) is 11.7. The van der Waals surface area contributed by atoms with Gasteiger partial charge in [0.25, 0.3) is 0 Å². The normalized spacial score (nSPS) is 12.0. The van der Waals surface area contributed by atoms with E-state index in [0.29, 0.717) is 0 Å². The van der Waals surface area contributed by atoms with Gasteiger partial charge >= 0.3 is 8.56 Å². The minimum atomic E-state index is -1.81. The van der Waals surface area contributed by atoms with Gasteiger partial charge in [0.1, 0.15) is 0 Å². The average Bonchev–Trinajstić information content (AvgIpc) is 2.61. The Hall–Kier alpha value is 0.0969. The summed E-state index contributed by atoms with van der Waals surface area (Å²) in [7, 11) is 1.77. The lowest BCUT2D eigenvalue weighted by Gasteiger charge is -2.22. The zero-order valence-corrected chi connectivity index (χ0v) is 17.9. The number of nitrogens with two attached hydrogens (primary N) is 1. The van der Waals surface area contributed by atoms with Crippen molar-refractivity contribution < 1.29 is 8.85 Å². The third-order valence-electron chi connectivity index (χ3n) is 5.20. The van der Waals surface area contributed by atoms with E-state index in [2.05, 4.69) is 6.55 Å². The van der Waals surface area contributed by atoms with Crippen LogP contribution in [-0.4, -0.2) is 29.3 Å². The third-order valence-corrected chi connectivity index (χ3v) is 8.19. The molecule has 0 bridgehead atoms. The Balaban J connectivity index is 3.13. The Morgan fingerprint density at radius 1 is 0.542 bits per heavy atom. The van der Waals surface area contributed by atoms with Crippen LogP contribution in [0.1, 0.15) is 96.3 Å². The maximum Gasteiger partial charge on any atom is 0.334 e. The topological polar surface area (TPSA) is 44.5 Å². The molecule has 24 heavy (non-hydrogen) atoms. The van der Waals surface area contributed by atoms with Crippen molar-refractivity contribution in [1.82, 2.24) is 0 Å². The highest BCUT2D eigenvalue weighted by Gasteiger charge is 2.27. The summed E-state index contributed by atoms with van der Waals surface area (Å²) in [5.74, 6) is 0. The lowest BCUT2D eigenvalue weighted by molar-refractivity contribution is 0.248. The van der Waals surface area contributed by atoms with Crippen LogP contribution in [0.5, 0.6) is 0 Å². The molecular formula is C20H45NO2Si. The lowest BCUT2D eigenvalue weighted by Crippen LogP contribution is -2.35. The van der Waals surface area contributed by atoms with E-state index >= 15 is 0 Å².